The zero-order valence-corrected chi connectivity index (χ0v) is 15.4. The Hall–Kier alpha value is -2.49. The van der Waals surface area contributed by atoms with Gasteiger partial charge in [0.05, 0.1) is 15.8 Å². The lowest BCUT2D eigenvalue weighted by Gasteiger charge is -1.97. The van der Waals surface area contributed by atoms with Crippen molar-refractivity contribution in [2.75, 3.05) is 4.72 Å². The first-order valence-electron chi connectivity index (χ1n) is 7.37. The van der Waals surface area contributed by atoms with Gasteiger partial charge >= 0.3 is 5.97 Å². The Balaban J connectivity index is 1.48. The number of anilines is 1. The quantitative estimate of drug-likeness (QED) is 0.436. The van der Waals surface area contributed by atoms with Crippen LogP contribution in [0.5, 0.6) is 0 Å². The standard InChI is InChI=1S/C17H10FN3O2S3/c18-11-4-1-9(2-5-11)15-20-14(8-24-15)26-21-17-19-12-6-3-10(16(22)23)7-13(12)25-17/h1-8H,(H,19,21)(H,22,23). The summed E-state index contributed by atoms with van der Waals surface area (Å²) in [6.07, 6.45) is 0. The van der Waals surface area contributed by atoms with Gasteiger partial charge in [-0.3, -0.25) is 0 Å². The smallest absolute Gasteiger partial charge is 0.335 e. The van der Waals surface area contributed by atoms with Gasteiger partial charge in [-0.1, -0.05) is 11.3 Å². The van der Waals surface area contributed by atoms with Crippen molar-refractivity contribution >= 4 is 55.9 Å². The number of fused-ring (bicyclic) bond motifs is 1. The van der Waals surface area contributed by atoms with Crippen molar-refractivity contribution in [1.29, 1.82) is 0 Å². The number of nitrogens with one attached hydrogen (secondary N) is 1. The fourth-order valence-corrected chi connectivity index (χ4v) is 4.73. The van der Waals surface area contributed by atoms with Crippen molar-refractivity contribution in [3.63, 3.8) is 0 Å². The normalized spacial score (nSPS) is 11.0. The molecule has 0 fully saturated rings. The highest BCUT2D eigenvalue weighted by molar-refractivity contribution is 8.00. The van der Waals surface area contributed by atoms with E-state index in [-0.39, 0.29) is 11.4 Å². The summed E-state index contributed by atoms with van der Waals surface area (Å²) in [5, 5.41) is 13.2. The lowest BCUT2D eigenvalue weighted by molar-refractivity contribution is 0.0697. The Labute approximate surface area is 159 Å². The minimum atomic E-state index is -0.958. The fourth-order valence-electron chi connectivity index (χ4n) is 2.23. The van der Waals surface area contributed by atoms with Gasteiger partial charge in [-0.25, -0.2) is 19.2 Å². The van der Waals surface area contributed by atoms with E-state index >= 15 is 0 Å². The zero-order chi connectivity index (χ0) is 18.1. The number of benzene rings is 2. The third-order valence-corrected chi connectivity index (χ3v) is 6.27. The van der Waals surface area contributed by atoms with Gasteiger partial charge in [-0.15, -0.1) is 11.3 Å². The van der Waals surface area contributed by atoms with Crippen molar-refractivity contribution in [3.8, 4) is 10.6 Å². The molecule has 0 unspecified atom stereocenters. The second-order valence-electron chi connectivity index (χ2n) is 5.21. The van der Waals surface area contributed by atoms with Gasteiger partial charge < -0.3 is 9.83 Å². The Bertz CT molecular complexity index is 1090. The molecule has 130 valence electrons. The van der Waals surface area contributed by atoms with Gasteiger partial charge in [0.15, 0.2) is 5.13 Å². The van der Waals surface area contributed by atoms with Crippen LogP contribution in [0.4, 0.5) is 9.52 Å². The van der Waals surface area contributed by atoms with E-state index in [0.29, 0.717) is 5.13 Å². The summed E-state index contributed by atoms with van der Waals surface area (Å²) in [5.74, 6) is -1.23. The number of halogens is 1. The maximum Gasteiger partial charge on any atom is 0.335 e. The molecular formula is C17H10FN3O2S3. The lowest BCUT2D eigenvalue weighted by atomic mass is 10.2. The Morgan fingerprint density at radius 3 is 2.73 bits per heavy atom. The van der Waals surface area contributed by atoms with Crippen LogP contribution in [0.1, 0.15) is 10.4 Å². The molecular weight excluding hydrogens is 393 g/mol. The molecule has 0 radical (unpaired) electrons. The monoisotopic (exact) mass is 403 g/mol. The van der Waals surface area contributed by atoms with E-state index in [4.69, 9.17) is 5.11 Å². The van der Waals surface area contributed by atoms with Crippen molar-refractivity contribution < 1.29 is 14.3 Å². The molecule has 26 heavy (non-hydrogen) atoms. The molecule has 0 aliphatic heterocycles. The second-order valence-corrected chi connectivity index (χ2v) is 7.92. The van der Waals surface area contributed by atoms with Crippen LogP contribution in [-0.4, -0.2) is 21.0 Å². The van der Waals surface area contributed by atoms with Crippen LogP contribution >= 0.6 is 34.6 Å². The van der Waals surface area contributed by atoms with E-state index in [9.17, 15) is 9.18 Å². The number of hydrogen-bond acceptors (Lipinski definition) is 7. The first-order chi connectivity index (χ1) is 12.6. The summed E-state index contributed by atoms with van der Waals surface area (Å²) in [5.41, 5.74) is 1.85. The molecule has 0 bridgehead atoms. The molecule has 4 aromatic rings. The number of carboxylic acids is 1. The minimum Gasteiger partial charge on any atom is -0.478 e. The van der Waals surface area contributed by atoms with Crippen LogP contribution < -0.4 is 4.72 Å². The number of thiazole rings is 2. The first kappa shape index (κ1) is 17.0. The Morgan fingerprint density at radius 1 is 1.15 bits per heavy atom. The SMILES string of the molecule is O=C(O)c1ccc2nc(NSc3csc(-c4ccc(F)cc4)n3)sc2c1. The predicted octanol–water partition coefficient (Wildman–Crippen LogP) is 5.38. The summed E-state index contributed by atoms with van der Waals surface area (Å²) in [6.45, 7) is 0. The average Bonchev–Trinajstić information content (AvgIpc) is 3.26. The Morgan fingerprint density at radius 2 is 1.96 bits per heavy atom. The number of rotatable bonds is 5. The highest BCUT2D eigenvalue weighted by atomic mass is 32.2. The first-order valence-corrected chi connectivity index (χ1v) is 9.88. The molecule has 0 atom stereocenters. The minimum absolute atomic E-state index is 0.240. The molecule has 9 heteroatoms. The highest BCUT2D eigenvalue weighted by Gasteiger charge is 2.10. The predicted molar refractivity (Wildman–Crippen MR) is 104 cm³/mol. The van der Waals surface area contributed by atoms with Crippen molar-refractivity contribution in [1.82, 2.24) is 9.97 Å². The van der Waals surface area contributed by atoms with Crippen LogP contribution in [0.15, 0.2) is 52.9 Å². The average molecular weight is 403 g/mol. The molecule has 2 aromatic heterocycles. The van der Waals surface area contributed by atoms with Crippen molar-refractivity contribution in [2.45, 2.75) is 5.03 Å². The van der Waals surface area contributed by atoms with E-state index < -0.39 is 5.97 Å². The maximum absolute atomic E-state index is 13.0. The zero-order valence-electron chi connectivity index (χ0n) is 13.0. The topological polar surface area (TPSA) is 75.1 Å². The third kappa shape index (κ3) is 3.55. The molecule has 0 aliphatic carbocycles. The fraction of sp³-hybridized carbons (Fsp3) is 0. The number of aromatic nitrogens is 2. The third-order valence-electron chi connectivity index (χ3n) is 3.45. The van der Waals surface area contributed by atoms with Gasteiger partial charge in [0.1, 0.15) is 15.9 Å². The largest absolute Gasteiger partial charge is 0.478 e. The van der Waals surface area contributed by atoms with Gasteiger partial charge in [0.25, 0.3) is 0 Å². The maximum atomic E-state index is 13.0. The molecule has 0 saturated carbocycles. The van der Waals surface area contributed by atoms with Gasteiger partial charge in [0.2, 0.25) is 0 Å². The van der Waals surface area contributed by atoms with Crippen LogP contribution in [0.25, 0.3) is 20.8 Å². The van der Waals surface area contributed by atoms with Crippen LogP contribution in [-0.2, 0) is 0 Å². The molecule has 2 N–H and O–H groups in total. The molecule has 5 nitrogen and oxygen atoms in total. The van der Waals surface area contributed by atoms with Gasteiger partial charge in [0, 0.05) is 22.9 Å². The summed E-state index contributed by atoms with van der Waals surface area (Å²) in [7, 11) is 0. The van der Waals surface area contributed by atoms with Crippen LogP contribution in [0.3, 0.4) is 0 Å². The Kier molecular flexibility index (Phi) is 4.58. The number of carboxylic acid groups (broad SMARTS) is 1. The van der Waals surface area contributed by atoms with Gasteiger partial charge in [-0.05, 0) is 42.5 Å². The van der Waals surface area contributed by atoms with Crippen molar-refractivity contribution in [2.24, 2.45) is 0 Å². The molecule has 2 heterocycles. The highest BCUT2D eigenvalue weighted by Crippen LogP contribution is 2.32. The van der Waals surface area contributed by atoms with Gasteiger partial charge in [-0.2, -0.15) is 0 Å². The van der Waals surface area contributed by atoms with E-state index in [2.05, 4.69) is 14.7 Å². The van der Waals surface area contributed by atoms with E-state index in [0.717, 1.165) is 25.8 Å². The van der Waals surface area contributed by atoms with E-state index in [1.807, 2.05) is 5.38 Å². The molecule has 0 aliphatic rings. The van der Waals surface area contributed by atoms with Crippen LogP contribution in [0.2, 0.25) is 0 Å². The summed E-state index contributed by atoms with van der Waals surface area (Å²) >= 11 is 4.18. The molecule has 4 rings (SSSR count). The number of carbonyl (C=O) groups is 1. The number of hydrogen-bond donors (Lipinski definition) is 2. The van der Waals surface area contributed by atoms with Crippen molar-refractivity contribution in [3.05, 3.63) is 59.2 Å². The molecule has 0 saturated heterocycles. The summed E-state index contributed by atoms with van der Waals surface area (Å²) in [6, 6.07) is 11.1. The number of aromatic carboxylic acids is 1. The second kappa shape index (κ2) is 7.02. The van der Waals surface area contributed by atoms with Crippen LogP contribution in [0, 0.1) is 5.82 Å². The number of nitrogens with zero attached hydrogens (tertiary/aromatic N) is 2. The van der Waals surface area contributed by atoms with E-state index in [1.165, 1.54) is 52.8 Å². The lowest BCUT2D eigenvalue weighted by Crippen LogP contribution is -1.94. The summed E-state index contributed by atoms with van der Waals surface area (Å²) < 4.78 is 16.9. The molecule has 0 spiro atoms. The van der Waals surface area contributed by atoms with E-state index in [1.54, 1.807) is 24.3 Å². The summed E-state index contributed by atoms with van der Waals surface area (Å²) in [4.78, 5) is 20.0. The molecule has 2 aromatic carbocycles. The molecule has 0 amide bonds.